The molecule has 0 bridgehead atoms. The first-order chi connectivity index (χ1) is 4.20. The number of nitrogen functional groups attached to an aromatic ring is 1. The number of aryl methyl sites for hydroxylation is 1. The van der Waals surface area contributed by atoms with Crippen molar-refractivity contribution >= 4 is 15.9 Å². The Balaban J connectivity index is 3.17. The van der Waals surface area contributed by atoms with Crippen LogP contribution in [-0.2, 0) is 0 Å². The minimum atomic E-state index is 1.03. The lowest BCUT2D eigenvalue weighted by molar-refractivity contribution is -0.645. The van der Waals surface area contributed by atoms with Gasteiger partial charge in [0.2, 0.25) is 11.9 Å². The van der Waals surface area contributed by atoms with Crippen molar-refractivity contribution in [2.75, 3.05) is 5.84 Å². The zero-order valence-electron chi connectivity index (χ0n) is 5.13. The summed E-state index contributed by atoms with van der Waals surface area (Å²) in [4.78, 5) is 0. The minimum Gasteiger partial charge on any atom is -0.205 e. The van der Waals surface area contributed by atoms with Crippen molar-refractivity contribution in [2.45, 2.75) is 6.92 Å². The van der Waals surface area contributed by atoms with Gasteiger partial charge in [-0.25, -0.2) is 5.84 Å². The van der Waals surface area contributed by atoms with Crippen LogP contribution in [0.3, 0.4) is 0 Å². The van der Waals surface area contributed by atoms with E-state index in [0.717, 1.165) is 10.2 Å². The Hall–Kier alpha value is -0.570. The Morgan fingerprint density at radius 2 is 2.33 bits per heavy atom. The SMILES string of the molecule is Cc1cc(Br)cc[n+]1N. The Morgan fingerprint density at radius 3 is 2.78 bits per heavy atom. The maximum absolute atomic E-state index is 5.48. The number of nitrogens with two attached hydrogens (primary N) is 1. The van der Waals surface area contributed by atoms with Crippen molar-refractivity contribution in [1.29, 1.82) is 0 Å². The molecule has 0 fully saturated rings. The summed E-state index contributed by atoms with van der Waals surface area (Å²) < 4.78 is 2.63. The molecular formula is C6H8BrN2+. The summed E-state index contributed by atoms with van der Waals surface area (Å²) in [6, 6.07) is 3.85. The summed E-state index contributed by atoms with van der Waals surface area (Å²) in [6.07, 6.45) is 1.80. The van der Waals surface area contributed by atoms with Crippen LogP contribution in [0.15, 0.2) is 22.8 Å². The molecule has 0 saturated carbocycles. The zero-order chi connectivity index (χ0) is 6.85. The van der Waals surface area contributed by atoms with Crippen LogP contribution in [0.4, 0.5) is 0 Å². The van der Waals surface area contributed by atoms with Gasteiger partial charge in [0.25, 0.3) is 0 Å². The molecular weight excluding hydrogens is 180 g/mol. The normalized spacial score (nSPS) is 9.56. The second-order valence-corrected chi connectivity index (χ2v) is 2.81. The molecule has 0 aromatic carbocycles. The van der Waals surface area contributed by atoms with Gasteiger partial charge < -0.3 is 0 Å². The average Bonchev–Trinajstić information content (AvgIpc) is 1.80. The van der Waals surface area contributed by atoms with Gasteiger partial charge in [-0.2, -0.15) is 0 Å². The van der Waals surface area contributed by atoms with Gasteiger partial charge in [-0.1, -0.05) is 20.6 Å². The first kappa shape index (κ1) is 6.55. The molecule has 9 heavy (non-hydrogen) atoms. The maximum atomic E-state index is 5.48. The van der Waals surface area contributed by atoms with E-state index in [1.54, 1.807) is 10.9 Å². The van der Waals surface area contributed by atoms with Crippen molar-refractivity contribution in [1.82, 2.24) is 0 Å². The van der Waals surface area contributed by atoms with E-state index in [0.29, 0.717) is 0 Å². The quantitative estimate of drug-likeness (QED) is 0.472. The summed E-state index contributed by atoms with van der Waals surface area (Å²) in [5.74, 6) is 5.48. The molecule has 0 unspecified atom stereocenters. The Morgan fingerprint density at radius 1 is 1.67 bits per heavy atom. The fourth-order valence-electron chi connectivity index (χ4n) is 0.591. The molecule has 1 heterocycles. The molecule has 1 rings (SSSR count). The average molecular weight is 188 g/mol. The van der Waals surface area contributed by atoms with Crippen LogP contribution in [-0.4, -0.2) is 0 Å². The van der Waals surface area contributed by atoms with Crippen LogP contribution in [0.25, 0.3) is 0 Å². The predicted molar refractivity (Wildman–Crippen MR) is 39.2 cm³/mol. The number of hydrogen-bond donors (Lipinski definition) is 1. The number of rotatable bonds is 0. The third kappa shape index (κ3) is 1.42. The van der Waals surface area contributed by atoms with Gasteiger partial charge in [-0.05, 0) is 0 Å². The lowest BCUT2D eigenvalue weighted by Gasteiger charge is -1.90. The van der Waals surface area contributed by atoms with Crippen molar-refractivity contribution in [3.05, 3.63) is 28.5 Å². The minimum absolute atomic E-state index is 1.03. The van der Waals surface area contributed by atoms with Gasteiger partial charge in [-0.3, -0.25) is 0 Å². The van der Waals surface area contributed by atoms with Crippen LogP contribution in [0.5, 0.6) is 0 Å². The largest absolute Gasteiger partial charge is 0.209 e. The van der Waals surface area contributed by atoms with Gasteiger partial charge in [0.15, 0.2) is 0 Å². The van der Waals surface area contributed by atoms with E-state index < -0.39 is 0 Å². The summed E-state index contributed by atoms with van der Waals surface area (Å²) >= 11 is 3.33. The number of nitrogens with zero attached hydrogens (tertiary/aromatic N) is 1. The molecule has 48 valence electrons. The highest BCUT2D eigenvalue weighted by atomic mass is 79.9. The van der Waals surface area contributed by atoms with E-state index in [-0.39, 0.29) is 0 Å². The van der Waals surface area contributed by atoms with Crippen LogP contribution < -0.4 is 10.5 Å². The second kappa shape index (κ2) is 2.35. The van der Waals surface area contributed by atoms with Gasteiger partial charge in [0.1, 0.15) is 0 Å². The summed E-state index contributed by atoms with van der Waals surface area (Å²) in [7, 11) is 0. The van der Waals surface area contributed by atoms with Crippen molar-refractivity contribution in [3.8, 4) is 0 Å². The van der Waals surface area contributed by atoms with Gasteiger partial charge in [0, 0.05) is 23.5 Å². The molecule has 2 N–H and O–H groups in total. The van der Waals surface area contributed by atoms with Gasteiger partial charge in [0.05, 0.1) is 0 Å². The first-order valence-electron chi connectivity index (χ1n) is 2.63. The van der Waals surface area contributed by atoms with Crippen molar-refractivity contribution in [2.24, 2.45) is 0 Å². The fourth-order valence-corrected chi connectivity index (χ4v) is 1.04. The van der Waals surface area contributed by atoms with Crippen LogP contribution >= 0.6 is 15.9 Å². The van der Waals surface area contributed by atoms with E-state index in [2.05, 4.69) is 15.9 Å². The van der Waals surface area contributed by atoms with E-state index in [1.807, 2.05) is 19.1 Å². The summed E-state index contributed by atoms with van der Waals surface area (Å²) in [6.45, 7) is 1.95. The zero-order valence-corrected chi connectivity index (χ0v) is 6.72. The van der Waals surface area contributed by atoms with Crippen LogP contribution in [0.1, 0.15) is 5.69 Å². The second-order valence-electron chi connectivity index (χ2n) is 1.89. The van der Waals surface area contributed by atoms with E-state index in [9.17, 15) is 0 Å². The maximum Gasteiger partial charge on any atom is 0.209 e. The molecule has 0 aliphatic heterocycles. The Labute approximate surface area is 62.4 Å². The van der Waals surface area contributed by atoms with Crippen molar-refractivity contribution < 1.29 is 4.68 Å². The van der Waals surface area contributed by atoms with Crippen LogP contribution in [0, 0.1) is 6.92 Å². The topological polar surface area (TPSA) is 29.9 Å². The number of pyridine rings is 1. The lowest BCUT2D eigenvalue weighted by Crippen LogP contribution is -2.46. The number of hydrogen-bond acceptors (Lipinski definition) is 1. The third-order valence-electron chi connectivity index (χ3n) is 1.15. The highest BCUT2D eigenvalue weighted by Gasteiger charge is 1.99. The molecule has 2 nitrogen and oxygen atoms in total. The predicted octanol–water partition coefficient (Wildman–Crippen LogP) is 0.759. The lowest BCUT2D eigenvalue weighted by atomic mass is 10.4. The highest BCUT2D eigenvalue weighted by molar-refractivity contribution is 9.10. The standard InChI is InChI=1S/C6H8BrN2/c1-5-4-6(7)2-3-9(5)8/h2-4H,8H2,1H3/q+1. The van der Waals surface area contributed by atoms with E-state index in [1.165, 1.54) is 0 Å². The first-order valence-corrected chi connectivity index (χ1v) is 3.42. The molecule has 0 amide bonds. The monoisotopic (exact) mass is 187 g/mol. The van der Waals surface area contributed by atoms with E-state index >= 15 is 0 Å². The molecule has 3 heteroatoms. The van der Waals surface area contributed by atoms with Gasteiger partial charge in [-0.15, -0.1) is 0 Å². The smallest absolute Gasteiger partial charge is 0.205 e. The Kier molecular flexibility index (Phi) is 1.71. The molecule has 0 spiro atoms. The molecule has 0 aliphatic rings. The molecule has 0 saturated heterocycles. The molecule has 1 aromatic rings. The highest BCUT2D eigenvalue weighted by Crippen LogP contribution is 2.05. The van der Waals surface area contributed by atoms with Gasteiger partial charge >= 0.3 is 0 Å². The molecule has 0 aliphatic carbocycles. The summed E-state index contributed by atoms with van der Waals surface area (Å²) in [5.41, 5.74) is 1.03. The fraction of sp³-hybridized carbons (Fsp3) is 0.167. The molecule has 1 aromatic heterocycles. The van der Waals surface area contributed by atoms with E-state index in [4.69, 9.17) is 5.84 Å². The number of aromatic nitrogens is 1. The van der Waals surface area contributed by atoms with Crippen LogP contribution in [0.2, 0.25) is 0 Å². The summed E-state index contributed by atoms with van der Waals surface area (Å²) in [5, 5.41) is 0. The van der Waals surface area contributed by atoms with Crippen molar-refractivity contribution in [3.63, 3.8) is 0 Å². The Bertz CT molecular complexity index is 222. The number of halogens is 1. The third-order valence-corrected chi connectivity index (χ3v) is 1.64. The molecule has 0 radical (unpaired) electrons. The molecule has 0 atom stereocenters.